The first-order chi connectivity index (χ1) is 7.99. The number of nitrogens with zero attached hydrogens (tertiary/aromatic N) is 4. The monoisotopic (exact) mass is 237 g/mol. The highest BCUT2D eigenvalue weighted by molar-refractivity contribution is 5.77. The minimum Gasteiger partial charge on any atom is -0.355 e. The van der Waals surface area contributed by atoms with Crippen LogP contribution in [0.5, 0.6) is 0 Å². The molecule has 2 heterocycles. The number of carbonyl (C=O) groups excluding carboxylic acids is 1. The van der Waals surface area contributed by atoms with Crippen LogP contribution in [-0.4, -0.2) is 44.2 Å². The zero-order valence-electron chi connectivity index (χ0n) is 10.6. The van der Waals surface area contributed by atoms with Gasteiger partial charge in [-0.15, -0.1) is 10.2 Å². The van der Waals surface area contributed by atoms with E-state index in [0.29, 0.717) is 13.0 Å². The molecule has 0 radical (unpaired) electrons. The van der Waals surface area contributed by atoms with E-state index < -0.39 is 0 Å². The first-order valence-corrected chi connectivity index (χ1v) is 5.84. The highest BCUT2D eigenvalue weighted by Crippen LogP contribution is 2.22. The molecule has 0 spiro atoms. The number of aryl methyl sites for hydroxylation is 1. The van der Waals surface area contributed by atoms with Crippen molar-refractivity contribution in [1.82, 2.24) is 25.0 Å². The molecule has 1 saturated heterocycles. The summed E-state index contributed by atoms with van der Waals surface area (Å²) >= 11 is 0. The third kappa shape index (κ3) is 2.63. The van der Waals surface area contributed by atoms with E-state index in [-0.39, 0.29) is 11.4 Å². The number of amides is 1. The molecular formula is C11H19N5O. The molecule has 1 aliphatic rings. The maximum Gasteiger partial charge on any atom is 0.221 e. The summed E-state index contributed by atoms with van der Waals surface area (Å²) in [7, 11) is 1.93. The Morgan fingerprint density at radius 2 is 2.29 bits per heavy atom. The van der Waals surface area contributed by atoms with Crippen molar-refractivity contribution in [2.45, 2.75) is 32.4 Å². The minimum atomic E-state index is -0.146. The van der Waals surface area contributed by atoms with Gasteiger partial charge in [-0.1, -0.05) is 0 Å². The molecule has 1 fully saturated rings. The Balaban J connectivity index is 2.13. The molecule has 6 nitrogen and oxygen atoms in total. The van der Waals surface area contributed by atoms with Gasteiger partial charge in [0.2, 0.25) is 5.91 Å². The fourth-order valence-electron chi connectivity index (χ4n) is 2.11. The van der Waals surface area contributed by atoms with Gasteiger partial charge in [0.15, 0.2) is 0 Å². The van der Waals surface area contributed by atoms with Crippen LogP contribution in [0.1, 0.15) is 26.1 Å². The third-order valence-corrected chi connectivity index (χ3v) is 3.29. The molecule has 2 rings (SSSR count). The van der Waals surface area contributed by atoms with Crippen LogP contribution < -0.4 is 5.32 Å². The van der Waals surface area contributed by atoms with Crippen LogP contribution in [0.3, 0.4) is 0 Å². The van der Waals surface area contributed by atoms with Crippen LogP contribution in [-0.2, 0) is 18.4 Å². The van der Waals surface area contributed by atoms with Crippen LogP contribution in [0, 0.1) is 0 Å². The Hall–Kier alpha value is -1.43. The summed E-state index contributed by atoms with van der Waals surface area (Å²) in [6, 6.07) is 0. The van der Waals surface area contributed by atoms with Crippen molar-refractivity contribution in [2.24, 2.45) is 7.05 Å². The third-order valence-electron chi connectivity index (χ3n) is 3.29. The SMILES string of the molecule is Cn1cnnc1CN1CCNC(=O)CC1(C)C. The topological polar surface area (TPSA) is 63.1 Å². The van der Waals surface area contributed by atoms with Gasteiger partial charge < -0.3 is 9.88 Å². The molecule has 0 aliphatic carbocycles. The van der Waals surface area contributed by atoms with Gasteiger partial charge in [0, 0.05) is 32.1 Å². The number of carbonyl (C=O) groups is 1. The van der Waals surface area contributed by atoms with Crippen LogP contribution in [0.2, 0.25) is 0 Å². The summed E-state index contributed by atoms with van der Waals surface area (Å²) in [5, 5.41) is 10.9. The highest BCUT2D eigenvalue weighted by Gasteiger charge is 2.32. The second-order valence-corrected chi connectivity index (χ2v) is 5.12. The number of hydrogen-bond donors (Lipinski definition) is 1. The van der Waals surface area contributed by atoms with Gasteiger partial charge in [-0.2, -0.15) is 0 Å². The zero-order chi connectivity index (χ0) is 12.5. The molecule has 0 aromatic carbocycles. The standard InChI is InChI=1S/C11H19N5O/c1-11(2)6-10(17)12-4-5-16(11)7-9-14-13-8-15(9)3/h8H,4-7H2,1-3H3,(H,12,17). The number of hydrogen-bond acceptors (Lipinski definition) is 4. The highest BCUT2D eigenvalue weighted by atomic mass is 16.1. The van der Waals surface area contributed by atoms with Crippen molar-refractivity contribution in [2.75, 3.05) is 13.1 Å². The lowest BCUT2D eigenvalue weighted by Gasteiger charge is -2.35. The van der Waals surface area contributed by atoms with Gasteiger partial charge in [-0.3, -0.25) is 9.69 Å². The lowest BCUT2D eigenvalue weighted by atomic mass is 9.98. The van der Waals surface area contributed by atoms with E-state index in [0.717, 1.165) is 18.9 Å². The fraction of sp³-hybridized carbons (Fsp3) is 0.727. The van der Waals surface area contributed by atoms with Gasteiger partial charge in [-0.25, -0.2) is 0 Å². The van der Waals surface area contributed by atoms with Crippen molar-refractivity contribution < 1.29 is 4.79 Å². The molecule has 1 aliphatic heterocycles. The summed E-state index contributed by atoms with van der Waals surface area (Å²) in [5.41, 5.74) is -0.146. The van der Waals surface area contributed by atoms with Gasteiger partial charge in [0.05, 0.1) is 6.54 Å². The second-order valence-electron chi connectivity index (χ2n) is 5.12. The van der Waals surface area contributed by atoms with Crippen LogP contribution in [0.15, 0.2) is 6.33 Å². The van der Waals surface area contributed by atoms with Crippen molar-refractivity contribution in [3.63, 3.8) is 0 Å². The van der Waals surface area contributed by atoms with Crippen molar-refractivity contribution in [3.05, 3.63) is 12.2 Å². The Bertz CT molecular complexity index is 412. The molecule has 0 atom stereocenters. The largest absolute Gasteiger partial charge is 0.355 e. The first kappa shape index (κ1) is 12.0. The van der Waals surface area contributed by atoms with Crippen LogP contribution in [0.4, 0.5) is 0 Å². The maximum absolute atomic E-state index is 11.5. The molecule has 1 aromatic rings. The zero-order valence-corrected chi connectivity index (χ0v) is 10.6. The average molecular weight is 237 g/mol. The Labute approximate surface area is 101 Å². The summed E-state index contributed by atoms with van der Waals surface area (Å²) in [4.78, 5) is 13.8. The molecule has 0 unspecified atom stereocenters. The number of rotatable bonds is 2. The molecule has 1 N–H and O–H groups in total. The number of aromatic nitrogens is 3. The summed E-state index contributed by atoms with van der Waals surface area (Å²) in [6.45, 7) is 6.44. The molecule has 17 heavy (non-hydrogen) atoms. The Morgan fingerprint density at radius 1 is 1.53 bits per heavy atom. The van der Waals surface area contributed by atoms with E-state index in [1.54, 1.807) is 6.33 Å². The predicted octanol–water partition coefficient (Wildman–Crippen LogP) is -0.0844. The van der Waals surface area contributed by atoms with Gasteiger partial charge >= 0.3 is 0 Å². The maximum atomic E-state index is 11.5. The Kier molecular flexibility index (Phi) is 3.15. The average Bonchev–Trinajstić information content (AvgIpc) is 2.56. The molecule has 0 bridgehead atoms. The lowest BCUT2D eigenvalue weighted by molar-refractivity contribution is -0.122. The van der Waals surface area contributed by atoms with E-state index in [9.17, 15) is 4.79 Å². The normalized spacial score (nSPS) is 21.0. The van der Waals surface area contributed by atoms with Gasteiger partial charge in [0.1, 0.15) is 12.2 Å². The van der Waals surface area contributed by atoms with E-state index in [1.807, 2.05) is 11.6 Å². The smallest absolute Gasteiger partial charge is 0.221 e. The van der Waals surface area contributed by atoms with Crippen molar-refractivity contribution in [3.8, 4) is 0 Å². The molecule has 1 aromatic heterocycles. The van der Waals surface area contributed by atoms with E-state index >= 15 is 0 Å². The van der Waals surface area contributed by atoms with E-state index in [2.05, 4.69) is 34.3 Å². The lowest BCUT2D eigenvalue weighted by Crippen LogP contribution is -2.44. The molecule has 0 saturated carbocycles. The van der Waals surface area contributed by atoms with Crippen LogP contribution >= 0.6 is 0 Å². The minimum absolute atomic E-state index is 0.121. The number of nitrogens with one attached hydrogen (secondary N) is 1. The predicted molar refractivity (Wildman–Crippen MR) is 63.1 cm³/mol. The molecule has 1 amide bonds. The quantitative estimate of drug-likeness (QED) is 0.781. The first-order valence-electron chi connectivity index (χ1n) is 5.84. The Morgan fingerprint density at radius 3 is 2.94 bits per heavy atom. The molecule has 6 heteroatoms. The van der Waals surface area contributed by atoms with E-state index in [1.165, 1.54) is 0 Å². The molecule has 94 valence electrons. The summed E-state index contributed by atoms with van der Waals surface area (Å²) in [6.07, 6.45) is 2.22. The van der Waals surface area contributed by atoms with E-state index in [4.69, 9.17) is 0 Å². The van der Waals surface area contributed by atoms with Crippen LogP contribution in [0.25, 0.3) is 0 Å². The summed E-state index contributed by atoms with van der Waals surface area (Å²) < 4.78 is 1.91. The van der Waals surface area contributed by atoms with Gasteiger partial charge in [-0.05, 0) is 13.8 Å². The van der Waals surface area contributed by atoms with Gasteiger partial charge in [0.25, 0.3) is 0 Å². The van der Waals surface area contributed by atoms with Crippen molar-refractivity contribution >= 4 is 5.91 Å². The fourth-order valence-corrected chi connectivity index (χ4v) is 2.11. The second kappa shape index (κ2) is 4.44. The summed E-state index contributed by atoms with van der Waals surface area (Å²) in [5.74, 6) is 1.04. The molecular weight excluding hydrogens is 218 g/mol. The van der Waals surface area contributed by atoms with Crippen molar-refractivity contribution in [1.29, 1.82) is 0 Å².